The van der Waals surface area contributed by atoms with E-state index in [2.05, 4.69) is 15.2 Å². The van der Waals surface area contributed by atoms with Crippen molar-refractivity contribution in [1.82, 2.24) is 9.78 Å². The summed E-state index contributed by atoms with van der Waals surface area (Å²) in [5.41, 5.74) is 0. The molecule has 6 nitrogen and oxygen atoms in total. The van der Waals surface area contributed by atoms with Crippen LogP contribution in [0.3, 0.4) is 0 Å². The van der Waals surface area contributed by atoms with E-state index in [9.17, 15) is 5.21 Å². The molecule has 0 bridgehead atoms. The molecule has 0 N–H and O–H groups in total. The maximum absolute atomic E-state index is 10.6. The molecule has 1 heterocycles. The molecule has 1 aromatic rings. The van der Waals surface area contributed by atoms with Gasteiger partial charge in [0.25, 0.3) is 0 Å². The van der Waals surface area contributed by atoms with Crippen LogP contribution in [0.2, 0.25) is 0 Å². The molecule has 12 heavy (non-hydrogen) atoms. The molecule has 0 aliphatic heterocycles. The number of hydrogen-bond acceptors (Lipinski definition) is 4. The average Bonchev–Trinajstić information content (AvgIpc) is 2.53. The number of hydroxylamine groups is 1. The molecule has 0 aromatic carbocycles. The summed E-state index contributed by atoms with van der Waals surface area (Å²) in [7, 11) is 1.30. The highest BCUT2D eigenvalue weighted by Crippen LogP contribution is 1.86. The van der Waals surface area contributed by atoms with Gasteiger partial charge >= 0.3 is 0 Å². The zero-order chi connectivity index (χ0) is 8.81. The van der Waals surface area contributed by atoms with Crippen LogP contribution in [0.15, 0.2) is 29.9 Å². The van der Waals surface area contributed by atoms with Gasteiger partial charge < -0.3 is 10.0 Å². The van der Waals surface area contributed by atoms with Crippen LogP contribution in [0.1, 0.15) is 0 Å². The zero-order valence-electron chi connectivity index (χ0n) is 6.49. The summed E-state index contributed by atoms with van der Waals surface area (Å²) in [5.74, 6) is 0. The summed E-state index contributed by atoms with van der Waals surface area (Å²) in [6, 6.07) is 1.74. The fourth-order valence-electron chi connectivity index (χ4n) is 0.602. The third kappa shape index (κ3) is 2.41. The fraction of sp³-hybridized carbons (Fsp3) is 0.167. The van der Waals surface area contributed by atoms with Crippen molar-refractivity contribution in [2.45, 2.75) is 0 Å². The second-order valence-corrected chi connectivity index (χ2v) is 1.85. The Kier molecular flexibility index (Phi) is 2.83. The third-order valence-electron chi connectivity index (χ3n) is 1.03. The molecule has 0 radical (unpaired) electrons. The number of aromatic nitrogens is 2. The Morgan fingerprint density at radius 1 is 1.75 bits per heavy atom. The van der Waals surface area contributed by atoms with Gasteiger partial charge in [0.1, 0.15) is 7.11 Å². The van der Waals surface area contributed by atoms with Gasteiger partial charge in [-0.3, -0.25) is 0 Å². The smallest absolute Gasteiger partial charge is 0.231 e. The normalized spacial score (nSPS) is 12.2. The van der Waals surface area contributed by atoms with E-state index in [-0.39, 0.29) is 0 Å². The molecule has 1 rings (SSSR count). The Balaban J connectivity index is 2.56. The SMILES string of the molecule is CON=[N+]([O-])C=Cn1cccn1. The molecular weight excluding hydrogens is 160 g/mol. The highest BCUT2D eigenvalue weighted by Gasteiger charge is 1.86. The maximum atomic E-state index is 10.6. The Morgan fingerprint density at radius 2 is 2.58 bits per heavy atom. The number of nitrogens with zero attached hydrogens (tertiary/aromatic N) is 4. The molecule has 0 aliphatic carbocycles. The minimum Gasteiger partial charge on any atom is -0.592 e. The van der Waals surface area contributed by atoms with Crippen LogP contribution >= 0.6 is 0 Å². The van der Waals surface area contributed by atoms with Crippen molar-refractivity contribution >= 4 is 6.20 Å². The van der Waals surface area contributed by atoms with E-state index in [1.54, 1.807) is 18.5 Å². The largest absolute Gasteiger partial charge is 0.592 e. The summed E-state index contributed by atoms with van der Waals surface area (Å²) in [6.45, 7) is 0. The molecular formula is C6H8N4O2. The highest BCUT2D eigenvalue weighted by atomic mass is 16.7. The molecule has 1 aromatic heterocycles. The van der Waals surface area contributed by atoms with Crippen molar-refractivity contribution in [3.63, 3.8) is 0 Å². The summed E-state index contributed by atoms with van der Waals surface area (Å²) in [4.78, 5) is 4.52. The molecule has 0 unspecified atom stereocenters. The van der Waals surface area contributed by atoms with Crippen LogP contribution in [0, 0.1) is 5.21 Å². The summed E-state index contributed by atoms with van der Waals surface area (Å²) in [5, 5.41) is 17.5. The van der Waals surface area contributed by atoms with Crippen molar-refractivity contribution < 1.29 is 9.70 Å². The molecule has 64 valence electrons. The number of hydrogen-bond donors (Lipinski definition) is 0. The average molecular weight is 168 g/mol. The molecule has 0 atom stereocenters. The standard InChI is InChI=1S/C6H8N4O2/c1-12-8-10(11)6-5-9-4-2-3-7-9/h2-6H,1H3. The van der Waals surface area contributed by atoms with E-state index in [0.29, 0.717) is 4.86 Å². The van der Waals surface area contributed by atoms with Gasteiger partial charge in [-0.2, -0.15) is 5.10 Å². The zero-order valence-corrected chi connectivity index (χ0v) is 6.49. The topological polar surface area (TPSA) is 65.5 Å². The van der Waals surface area contributed by atoms with E-state index in [4.69, 9.17) is 0 Å². The lowest BCUT2D eigenvalue weighted by Crippen LogP contribution is -1.92. The van der Waals surface area contributed by atoms with Gasteiger partial charge in [0, 0.05) is 12.4 Å². The lowest BCUT2D eigenvalue weighted by atomic mass is 10.7. The van der Waals surface area contributed by atoms with E-state index in [0.717, 1.165) is 0 Å². The monoisotopic (exact) mass is 168 g/mol. The van der Waals surface area contributed by atoms with Crippen molar-refractivity contribution in [3.05, 3.63) is 29.9 Å². The Morgan fingerprint density at radius 3 is 3.17 bits per heavy atom. The van der Waals surface area contributed by atoms with E-state index in [1.165, 1.54) is 24.2 Å². The molecule has 0 saturated carbocycles. The van der Waals surface area contributed by atoms with Gasteiger partial charge in [0.05, 0.1) is 6.20 Å². The first-order chi connectivity index (χ1) is 5.83. The predicted molar refractivity (Wildman–Crippen MR) is 40.6 cm³/mol. The van der Waals surface area contributed by atoms with Crippen LogP contribution in [-0.2, 0) is 4.84 Å². The lowest BCUT2D eigenvalue weighted by Gasteiger charge is -1.90. The molecule has 0 aliphatic rings. The van der Waals surface area contributed by atoms with Gasteiger partial charge in [-0.1, -0.05) is 0 Å². The first-order valence-corrected chi connectivity index (χ1v) is 3.21. The first-order valence-electron chi connectivity index (χ1n) is 3.21. The van der Waals surface area contributed by atoms with Crippen molar-refractivity contribution in [3.8, 4) is 0 Å². The summed E-state index contributed by atoms with van der Waals surface area (Å²) >= 11 is 0. The fourth-order valence-corrected chi connectivity index (χ4v) is 0.602. The van der Waals surface area contributed by atoms with Crippen LogP contribution in [-0.4, -0.2) is 21.8 Å². The van der Waals surface area contributed by atoms with Crippen LogP contribution in [0.4, 0.5) is 0 Å². The van der Waals surface area contributed by atoms with E-state index in [1.807, 2.05) is 0 Å². The summed E-state index contributed by atoms with van der Waals surface area (Å²) < 4.78 is 1.47. The lowest BCUT2D eigenvalue weighted by molar-refractivity contribution is -0.490. The van der Waals surface area contributed by atoms with Gasteiger partial charge in [-0.25, -0.2) is 4.68 Å². The summed E-state index contributed by atoms with van der Waals surface area (Å²) in [6.07, 6.45) is 5.93. The molecule has 0 amide bonds. The minimum atomic E-state index is 0.293. The highest BCUT2D eigenvalue weighted by molar-refractivity contribution is 5.15. The van der Waals surface area contributed by atoms with Crippen LogP contribution in [0.25, 0.3) is 6.20 Å². The van der Waals surface area contributed by atoms with Crippen molar-refractivity contribution in [2.24, 2.45) is 5.28 Å². The number of rotatable bonds is 3. The van der Waals surface area contributed by atoms with Gasteiger partial charge in [0.2, 0.25) is 11.5 Å². The first kappa shape index (κ1) is 8.25. The van der Waals surface area contributed by atoms with E-state index >= 15 is 0 Å². The predicted octanol–water partition coefficient (Wildman–Crippen LogP) is 0.835. The second-order valence-electron chi connectivity index (χ2n) is 1.85. The van der Waals surface area contributed by atoms with Crippen LogP contribution < -0.4 is 0 Å². The van der Waals surface area contributed by atoms with Crippen molar-refractivity contribution in [1.29, 1.82) is 0 Å². The maximum Gasteiger partial charge on any atom is 0.231 e. The second kappa shape index (κ2) is 4.12. The Hall–Kier alpha value is -1.85. The molecule has 6 heteroatoms. The van der Waals surface area contributed by atoms with E-state index < -0.39 is 0 Å². The minimum absolute atomic E-state index is 0.293. The molecule has 0 fully saturated rings. The van der Waals surface area contributed by atoms with Gasteiger partial charge in [-0.15, -0.1) is 0 Å². The Bertz CT molecular complexity index is 278. The van der Waals surface area contributed by atoms with Crippen LogP contribution in [0.5, 0.6) is 0 Å². The van der Waals surface area contributed by atoms with Crippen molar-refractivity contribution in [2.75, 3.05) is 7.11 Å². The molecule has 0 saturated heterocycles. The molecule has 0 spiro atoms. The Labute approximate surface area is 68.9 Å². The quantitative estimate of drug-likeness (QED) is 0.381. The van der Waals surface area contributed by atoms with Gasteiger partial charge in [-0.05, 0) is 10.9 Å². The van der Waals surface area contributed by atoms with Gasteiger partial charge in [0.15, 0.2) is 0 Å². The third-order valence-corrected chi connectivity index (χ3v) is 1.03.